The van der Waals surface area contributed by atoms with E-state index in [1.165, 1.54) is 6.07 Å². The zero-order valence-corrected chi connectivity index (χ0v) is 9.68. The second kappa shape index (κ2) is 4.26. The van der Waals surface area contributed by atoms with Gasteiger partial charge >= 0.3 is 0 Å². The first-order valence-corrected chi connectivity index (χ1v) is 5.53. The molecule has 0 aliphatic rings. The van der Waals surface area contributed by atoms with Crippen LogP contribution in [0.5, 0.6) is 0 Å². The Labute approximate surface area is 98.2 Å². The smallest absolute Gasteiger partial charge is 0.150 e. The number of pyridine rings is 1. The van der Waals surface area contributed by atoms with E-state index in [0.717, 1.165) is 18.4 Å². The van der Waals surface area contributed by atoms with Crippen molar-refractivity contribution < 1.29 is 4.39 Å². The lowest BCUT2D eigenvalue weighted by Crippen LogP contribution is -1.99. The van der Waals surface area contributed by atoms with E-state index in [2.05, 4.69) is 11.9 Å². The average molecular weight is 239 g/mol. The summed E-state index contributed by atoms with van der Waals surface area (Å²) < 4.78 is 13.5. The molecule has 4 heteroatoms. The minimum Gasteiger partial charge on any atom is -0.383 e. The summed E-state index contributed by atoms with van der Waals surface area (Å²) in [7, 11) is 0. The van der Waals surface area contributed by atoms with Crippen LogP contribution >= 0.6 is 11.6 Å². The lowest BCUT2D eigenvalue weighted by Gasteiger charge is -2.07. The van der Waals surface area contributed by atoms with Crippen molar-refractivity contribution >= 4 is 28.3 Å². The summed E-state index contributed by atoms with van der Waals surface area (Å²) in [5.41, 5.74) is 6.99. The minimum absolute atomic E-state index is 0.279. The maximum Gasteiger partial charge on any atom is 0.150 e. The molecule has 2 aromatic rings. The molecule has 16 heavy (non-hydrogen) atoms. The van der Waals surface area contributed by atoms with Crippen molar-refractivity contribution in [3.8, 4) is 0 Å². The van der Waals surface area contributed by atoms with Crippen molar-refractivity contribution in [3.63, 3.8) is 0 Å². The molecular weight excluding hydrogens is 227 g/mol. The molecule has 0 atom stereocenters. The maximum atomic E-state index is 13.5. The summed E-state index contributed by atoms with van der Waals surface area (Å²) in [6.07, 6.45) is 1.81. The van der Waals surface area contributed by atoms with E-state index in [4.69, 9.17) is 17.3 Å². The summed E-state index contributed by atoms with van der Waals surface area (Å²) in [4.78, 5) is 4.08. The van der Waals surface area contributed by atoms with Crippen LogP contribution in [0.3, 0.4) is 0 Å². The molecule has 0 unspecified atom stereocenters. The lowest BCUT2D eigenvalue weighted by atomic mass is 10.1. The fourth-order valence-electron chi connectivity index (χ4n) is 1.74. The molecule has 1 aromatic carbocycles. The molecule has 0 aliphatic carbocycles. The van der Waals surface area contributed by atoms with Crippen LogP contribution in [0.15, 0.2) is 18.2 Å². The van der Waals surface area contributed by atoms with Crippen LogP contribution in [0, 0.1) is 5.82 Å². The third-order valence-electron chi connectivity index (χ3n) is 2.47. The van der Waals surface area contributed by atoms with Crippen molar-refractivity contribution in [1.29, 1.82) is 0 Å². The van der Waals surface area contributed by atoms with Gasteiger partial charge in [-0.1, -0.05) is 24.9 Å². The van der Waals surface area contributed by atoms with Crippen LogP contribution in [-0.2, 0) is 6.42 Å². The summed E-state index contributed by atoms with van der Waals surface area (Å²) >= 11 is 5.79. The fourth-order valence-corrected chi connectivity index (χ4v) is 1.95. The quantitative estimate of drug-likeness (QED) is 0.869. The van der Waals surface area contributed by atoms with Crippen molar-refractivity contribution in [2.75, 3.05) is 5.73 Å². The number of benzene rings is 1. The number of aromatic nitrogens is 1. The van der Waals surface area contributed by atoms with E-state index < -0.39 is 5.82 Å². The van der Waals surface area contributed by atoms with Crippen LogP contribution in [-0.4, -0.2) is 4.98 Å². The molecule has 84 valence electrons. The van der Waals surface area contributed by atoms with Gasteiger partial charge in [-0.05, 0) is 30.2 Å². The van der Waals surface area contributed by atoms with Gasteiger partial charge in [-0.3, -0.25) is 0 Å². The Morgan fingerprint density at radius 3 is 2.81 bits per heavy atom. The van der Waals surface area contributed by atoms with Gasteiger partial charge in [-0.2, -0.15) is 0 Å². The second-order valence-corrected chi connectivity index (χ2v) is 4.18. The zero-order chi connectivity index (χ0) is 11.7. The summed E-state index contributed by atoms with van der Waals surface area (Å²) in [6, 6.07) is 4.80. The van der Waals surface area contributed by atoms with Crippen LogP contribution in [0.2, 0.25) is 5.02 Å². The standard InChI is InChI=1S/C12H12ClFN2/c1-2-3-7-4-8-5-9(13)6-10(14)11(8)16-12(7)15/h4-6H,2-3H2,1H3,(H2,15,16). The van der Waals surface area contributed by atoms with Crippen molar-refractivity contribution in [1.82, 2.24) is 4.98 Å². The average Bonchev–Trinajstić information content (AvgIpc) is 2.21. The molecule has 0 saturated carbocycles. The number of nitrogen functional groups attached to an aromatic ring is 1. The number of anilines is 1. The first-order valence-electron chi connectivity index (χ1n) is 5.16. The molecule has 2 nitrogen and oxygen atoms in total. The molecular formula is C12H12ClFN2. The van der Waals surface area contributed by atoms with Crippen molar-refractivity contribution in [2.24, 2.45) is 0 Å². The van der Waals surface area contributed by atoms with Gasteiger partial charge in [0.05, 0.1) is 0 Å². The predicted octanol–water partition coefficient (Wildman–Crippen LogP) is 3.56. The van der Waals surface area contributed by atoms with E-state index in [1.807, 2.05) is 6.07 Å². The zero-order valence-electron chi connectivity index (χ0n) is 8.93. The number of rotatable bonds is 2. The van der Waals surface area contributed by atoms with Crippen LogP contribution in [0.1, 0.15) is 18.9 Å². The van der Waals surface area contributed by atoms with Gasteiger partial charge in [-0.15, -0.1) is 0 Å². The van der Waals surface area contributed by atoms with Crippen LogP contribution in [0.4, 0.5) is 10.2 Å². The van der Waals surface area contributed by atoms with Gasteiger partial charge in [0.15, 0.2) is 5.82 Å². The monoisotopic (exact) mass is 238 g/mol. The Morgan fingerprint density at radius 1 is 1.38 bits per heavy atom. The lowest BCUT2D eigenvalue weighted by molar-refractivity contribution is 0.637. The third kappa shape index (κ3) is 1.95. The number of halogens is 2. The van der Waals surface area contributed by atoms with E-state index >= 15 is 0 Å². The normalized spacial score (nSPS) is 10.9. The van der Waals surface area contributed by atoms with Crippen molar-refractivity contribution in [2.45, 2.75) is 19.8 Å². The Balaban J connectivity index is 2.69. The minimum atomic E-state index is -0.433. The van der Waals surface area contributed by atoms with Crippen molar-refractivity contribution in [3.05, 3.63) is 34.6 Å². The van der Waals surface area contributed by atoms with Crippen LogP contribution < -0.4 is 5.73 Å². The number of fused-ring (bicyclic) bond motifs is 1. The molecule has 1 aromatic heterocycles. The molecule has 1 heterocycles. The Kier molecular flexibility index (Phi) is 2.97. The van der Waals surface area contributed by atoms with Gasteiger partial charge < -0.3 is 5.73 Å². The molecule has 0 aliphatic heterocycles. The van der Waals surface area contributed by atoms with Gasteiger partial charge in [0.2, 0.25) is 0 Å². The molecule has 2 rings (SSSR count). The molecule has 0 amide bonds. The fraction of sp³-hybridized carbons (Fsp3) is 0.250. The topological polar surface area (TPSA) is 38.9 Å². The number of hydrogen-bond donors (Lipinski definition) is 1. The van der Waals surface area contributed by atoms with Gasteiger partial charge in [-0.25, -0.2) is 9.37 Å². The third-order valence-corrected chi connectivity index (χ3v) is 2.69. The summed E-state index contributed by atoms with van der Waals surface area (Å²) in [5.74, 6) is -0.0344. The van der Waals surface area contributed by atoms with Gasteiger partial charge in [0.25, 0.3) is 0 Å². The molecule has 0 bridgehead atoms. The number of aryl methyl sites for hydroxylation is 1. The highest BCUT2D eigenvalue weighted by atomic mass is 35.5. The van der Waals surface area contributed by atoms with Gasteiger partial charge in [0.1, 0.15) is 11.3 Å². The molecule has 2 N–H and O–H groups in total. The first kappa shape index (κ1) is 11.1. The second-order valence-electron chi connectivity index (χ2n) is 3.74. The molecule has 0 saturated heterocycles. The highest BCUT2D eigenvalue weighted by Gasteiger charge is 2.08. The SMILES string of the molecule is CCCc1cc2cc(Cl)cc(F)c2nc1N. The predicted molar refractivity (Wildman–Crippen MR) is 65.1 cm³/mol. The van der Waals surface area contributed by atoms with E-state index in [9.17, 15) is 4.39 Å². The van der Waals surface area contributed by atoms with Crippen LogP contribution in [0.25, 0.3) is 10.9 Å². The first-order chi connectivity index (χ1) is 7.61. The van der Waals surface area contributed by atoms with E-state index in [1.54, 1.807) is 6.07 Å². The molecule has 0 fully saturated rings. The highest BCUT2D eigenvalue weighted by Crippen LogP contribution is 2.25. The highest BCUT2D eigenvalue weighted by molar-refractivity contribution is 6.31. The number of hydrogen-bond acceptors (Lipinski definition) is 2. The van der Waals surface area contributed by atoms with Gasteiger partial charge in [0, 0.05) is 10.4 Å². The maximum absolute atomic E-state index is 13.5. The number of nitrogens with zero attached hydrogens (tertiary/aromatic N) is 1. The summed E-state index contributed by atoms with van der Waals surface area (Å²) in [5, 5.41) is 1.07. The van der Waals surface area contributed by atoms with E-state index in [0.29, 0.717) is 16.2 Å². The van der Waals surface area contributed by atoms with E-state index in [-0.39, 0.29) is 5.52 Å². The largest absolute Gasteiger partial charge is 0.383 e. The molecule has 0 radical (unpaired) electrons. The summed E-state index contributed by atoms with van der Waals surface area (Å²) in [6.45, 7) is 2.06. The Bertz CT molecular complexity index is 540. The Hall–Kier alpha value is -1.35. The number of nitrogens with two attached hydrogens (primary N) is 1. The molecule has 0 spiro atoms. The Morgan fingerprint density at radius 2 is 2.12 bits per heavy atom.